The van der Waals surface area contributed by atoms with Crippen molar-refractivity contribution in [3.8, 4) is 0 Å². The quantitative estimate of drug-likeness (QED) is 0.686. The fraction of sp³-hybridized carbons (Fsp3) is 0.455. The van der Waals surface area contributed by atoms with Crippen molar-refractivity contribution in [2.24, 2.45) is 0 Å². The molecule has 1 saturated heterocycles. The van der Waals surface area contributed by atoms with Crippen LogP contribution in [0.4, 0.5) is 0 Å². The summed E-state index contributed by atoms with van der Waals surface area (Å²) >= 11 is 0. The van der Waals surface area contributed by atoms with Gasteiger partial charge in [-0.15, -0.1) is 0 Å². The minimum absolute atomic E-state index is 0.0257. The predicted molar refractivity (Wildman–Crippen MR) is 58.1 cm³/mol. The van der Waals surface area contributed by atoms with Crippen LogP contribution < -0.4 is 5.32 Å². The molecule has 0 aromatic heterocycles. The minimum Gasteiger partial charge on any atom is -0.317 e. The molecule has 1 aliphatic heterocycles. The molecular weight excluding hydrogens is 192 g/mol. The number of nitrogens with zero attached hydrogens (tertiary/aromatic N) is 1. The van der Waals surface area contributed by atoms with E-state index < -0.39 is 0 Å². The smallest absolute Gasteiger partial charge is 0.253 e. The van der Waals surface area contributed by atoms with Crippen LogP contribution in [0.3, 0.4) is 0 Å². The third-order valence-corrected chi connectivity index (χ3v) is 2.50. The van der Waals surface area contributed by atoms with Crippen LogP contribution in [-0.4, -0.2) is 35.8 Å². The van der Waals surface area contributed by atoms with Crippen molar-refractivity contribution in [3.05, 3.63) is 25.3 Å². The molecule has 1 rings (SSSR count). The molecule has 0 bridgehead atoms. The summed E-state index contributed by atoms with van der Waals surface area (Å²) in [5, 5.41) is 3.18. The van der Waals surface area contributed by atoms with E-state index in [9.17, 15) is 9.59 Å². The van der Waals surface area contributed by atoms with Crippen molar-refractivity contribution in [2.45, 2.75) is 18.9 Å². The second-order valence-electron chi connectivity index (χ2n) is 3.44. The molecule has 1 N–H and O–H groups in total. The van der Waals surface area contributed by atoms with Gasteiger partial charge >= 0.3 is 0 Å². The maximum Gasteiger partial charge on any atom is 0.253 e. The normalized spacial score (nSPS) is 16.8. The number of amides is 2. The average molecular weight is 208 g/mol. The topological polar surface area (TPSA) is 49.4 Å². The molecule has 1 heterocycles. The molecule has 1 aliphatic rings. The average Bonchev–Trinajstić information content (AvgIpc) is 2.30. The summed E-state index contributed by atoms with van der Waals surface area (Å²) in [6.45, 7) is 8.46. The van der Waals surface area contributed by atoms with Crippen molar-refractivity contribution < 1.29 is 9.59 Å². The summed E-state index contributed by atoms with van der Waals surface area (Å²) in [4.78, 5) is 24.3. The Labute approximate surface area is 89.6 Å². The lowest BCUT2D eigenvalue weighted by atomic mass is 10.0. The van der Waals surface area contributed by atoms with Gasteiger partial charge < -0.3 is 5.32 Å². The maximum absolute atomic E-state index is 11.5. The highest BCUT2D eigenvalue weighted by Crippen LogP contribution is 2.13. The number of nitrogens with one attached hydrogen (secondary N) is 1. The Bertz CT molecular complexity index is 260. The van der Waals surface area contributed by atoms with Crippen LogP contribution in [0.15, 0.2) is 25.3 Å². The van der Waals surface area contributed by atoms with Gasteiger partial charge in [-0.25, -0.2) is 0 Å². The Morgan fingerprint density at radius 1 is 1.13 bits per heavy atom. The lowest BCUT2D eigenvalue weighted by molar-refractivity contribution is -0.142. The van der Waals surface area contributed by atoms with Gasteiger partial charge in [0, 0.05) is 6.04 Å². The first-order valence-electron chi connectivity index (χ1n) is 5.03. The molecule has 0 aromatic rings. The van der Waals surface area contributed by atoms with Crippen LogP contribution in [0.2, 0.25) is 0 Å². The molecule has 2 amide bonds. The molecule has 0 atom stereocenters. The number of hydrogen-bond donors (Lipinski definition) is 1. The first kappa shape index (κ1) is 11.7. The second-order valence-corrected chi connectivity index (χ2v) is 3.44. The van der Waals surface area contributed by atoms with Crippen LogP contribution in [0.25, 0.3) is 0 Å². The molecule has 0 saturated carbocycles. The van der Waals surface area contributed by atoms with Gasteiger partial charge in [-0.05, 0) is 38.1 Å². The van der Waals surface area contributed by atoms with E-state index in [0.29, 0.717) is 0 Å². The highest BCUT2D eigenvalue weighted by molar-refractivity contribution is 6.04. The number of imide groups is 1. The van der Waals surface area contributed by atoms with Gasteiger partial charge in [0.1, 0.15) is 0 Å². The van der Waals surface area contributed by atoms with Gasteiger partial charge in [0.2, 0.25) is 0 Å². The van der Waals surface area contributed by atoms with Gasteiger partial charge in [0.05, 0.1) is 0 Å². The Morgan fingerprint density at radius 3 is 2.00 bits per heavy atom. The van der Waals surface area contributed by atoms with Crippen molar-refractivity contribution >= 4 is 11.8 Å². The summed E-state index contributed by atoms with van der Waals surface area (Å²) in [7, 11) is 0. The number of carbonyl (C=O) groups is 2. The number of hydrogen-bond acceptors (Lipinski definition) is 3. The van der Waals surface area contributed by atoms with Crippen molar-refractivity contribution in [1.82, 2.24) is 10.2 Å². The Hall–Kier alpha value is -1.42. The van der Waals surface area contributed by atoms with Gasteiger partial charge in [0.25, 0.3) is 11.8 Å². The van der Waals surface area contributed by atoms with Crippen molar-refractivity contribution in [3.63, 3.8) is 0 Å². The zero-order valence-corrected chi connectivity index (χ0v) is 8.74. The number of carbonyl (C=O) groups excluding carboxylic acids is 2. The number of rotatable bonds is 3. The summed E-state index contributed by atoms with van der Waals surface area (Å²) < 4.78 is 0. The zero-order chi connectivity index (χ0) is 11.3. The first-order valence-corrected chi connectivity index (χ1v) is 5.03. The fourth-order valence-corrected chi connectivity index (χ4v) is 1.73. The Balaban J connectivity index is 2.78. The van der Waals surface area contributed by atoms with E-state index >= 15 is 0 Å². The SMILES string of the molecule is C=CC(=O)N(C(=O)C=C)C1CCNCC1. The molecule has 4 heteroatoms. The van der Waals surface area contributed by atoms with E-state index in [4.69, 9.17) is 0 Å². The van der Waals surface area contributed by atoms with Gasteiger partial charge in [-0.1, -0.05) is 13.2 Å². The lowest BCUT2D eigenvalue weighted by Gasteiger charge is -2.31. The zero-order valence-electron chi connectivity index (χ0n) is 8.74. The fourth-order valence-electron chi connectivity index (χ4n) is 1.73. The number of piperidine rings is 1. The van der Waals surface area contributed by atoms with E-state index in [1.54, 1.807) is 0 Å². The van der Waals surface area contributed by atoms with Crippen molar-refractivity contribution in [2.75, 3.05) is 13.1 Å². The molecule has 1 fully saturated rings. The minimum atomic E-state index is -0.341. The third-order valence-electron chi connectivity index (χ3n) is 2.50. The monoisotopic (exact) mass is 208 g/mol. The van der Waals surface area contributed by atoms with Gasteiger partial charge in [0.15, 0.2) is 0 Å². The van der Waals surface area contributed by atoms with Gasteiger partial charge in [-0.2, -0.15) is 0 Å². The van der Waals surface area contributed by atoms with Crippen LogP contribution >= 0.6 is 0 Å². The molecule has 0 spiro atoms. The molecule has 0 unspecified atom stereocenters. The lowest BCUT2D eigenvalue weighted by Crippen LogP contribution is -2.48. The summed E-state index contributed by atoms with van der Waals surface area (Å²) in [6.07, 6.45) is 3.92. The first-order chi connectivity index (χ1) is 7.20. The largest absolute Gasteiger partial charge is 0.317 e. The third kappa shape index (κ3) is 2.76. The van der Waals surface area contributed by atoms with Crippen molar-refractivity contribution in [1.29, 1.82) is 0 Å². The Kier molecular flexibility index (Phi) is 4.24. The van der Waals surface area contributed by atoms with Gasteiger partial charge in [-0.3, -0.25) is 14.5 Å². The second kappa shape index (κ2) is 5.46. The highest BCUT2D eigenvalue weighted by Gasteiger charge is 2.27. The van der Waals surface area contributed by atoms with E-state index in [1.165, 1.54) is 17.1 Å². The van der Waals surface area contributed by atoms with E-state index in [1.807, 2.05) is 0 Å². The molecule has 0 radical (unpaired) electrons. The van der Waals surface area contributed by atoms with Crippen LogP contribution in [0, 0.1) is 0 Å². The maximum atomic E-state index is 11.5. The van der Waals surface area contributed by atoms with Crippen LogP contribution in [0.5, 0.6) is 0 Å². The van der Waals surface area contributed by atoms with Crippen LogP contribution in [0.1, 0.15) is 12.8 Å². The van der Waals surface area contributed by atoms with Crippen LogP contribution in [-0.2, 0) is 9.59 Å². The molecule has 15 heavy (non-hydrogen) atoms. The predicted octanol–water partition coefficient (Wildman–Crippen LogP) is 0.466. The summed E-state index contributed by atoms with van der Waals surface area (Å²) in [6, 6.07) is -0.0257. The van der Waals surface area contributed by atoms with E-state index in [-0.39, 0.29) is 17.9 Å². The summed E-state index contributed by atoms with van der Waals surface area (Å²) in [5.74, 6) is -0.682. The van der Waals surface area contributed by atoms with E-state index in [0.717, 1.165) is 25.9 Å². The standard InChI is InChI=1S/C11H16N2O2/c1-3-10(14)13(11(15)4-2)9-5-7-12-8-6-9/h3-4,9,12H,1-2,5-8H2. The molecule has 82 valence electrons. The van der Waals surface area contributed by atoms with E-state index in [2.05, 4.69) is 18.5 Å². The highest BCUT2D eigenvalue weighted by atomic mass is 16.2. The molecule has 4 nitrogen and oxygen atoms in total. The summed E-state index contributed by atoms with van der Waals surface area (Å²) in [5.41, 5.74) is 0. The molecule has 0 aliphatic carbocycles. The molecular formula is C11H16N2O2. The molecule has 0 aromatic carbocycles. The Morgan fingerprint density at radius 2 is 1.60 bits per heavy atom.